The van der Waals surface area contributed by atoms with Gasteiger partial charge in [0.2, 0.25) is 0 Å². The lowest BCUT2D eigenvalue weighted by Crippen LogP contribution is -2.07. The molecule has 1 aromatic rings. The van der Waals surface area contributed by atoms with Gasteiger partial charge in [-0.05, 0) is 44.2 Å². The lowest BCUT2D eigenvalue weighted by atomic mass is 10.0. The Morgan fingerprint density at radius 3 is 1.47 bits per heavy atom. The predicted octanol–water partition coefficient (Wildman–Crippen LogP) is 11.0. The predicted molar refractivity (Wildman–Crippen MR) is 160 cm³/mol. The third kappa shape index (κ3) is 20.8. The quantitative estimate of drug-likeness (QED) is 0.0299. The molecule has 0 spiro atoms. The summed E-state index contributed by atoms with van der Waals surface area (Å²) in [5.41, 5.74) is -0.00897. The van der Waals surface area contributed by atoms with Crippen molar-refractivity contribution in [3.8, 4) is 5.75 Å². The van der Waals surface area contributed by atoms with Gasteiger partial charge in [-0.15, -0.1) is 0 Å². The first-order valence-corrected chi connectivity index (χ1v) is 15.7. The minimum absolute atomic E-state index is 0.00897. The number of hydrogen-bond donors (Lipinski definition) is 0. The van der Waals surface area contributed by atoms with E-state index in [4.69, 9.17) is 4.74 Å². The van der Waals surface area contributed by atoms with E-state index in [1.54, 1.807) is 0 Å². The number of non-ortho nitro benzene ring substituents is 1. The minimum atomic E-state index is -0.469. The molecule has 0 saturated carbocycles. The van der Waals surface area contributed by atoms with Gasteiger partial charge in [-0.1, -0.05) is 128 Å². The van der Waals surface area contributed by atoms with Crippen LogP contribution >= 0.6 is 0 Å². The van der Waals surface area contributed by atoms with Gasteiger partial charge in [-0.25, -0.2) is 0 Å². The molecule has 5 nitrogen and oxygen atoms in total. The van der Waals surface area contributed by atoms with Gasteiger partial charge in [-0.2, -0.15) is 0 Å². The molecule has 0 unspecified atom stereocenters. The van der Waals surface area contributed by atoms with Crippen molar-refractivity contribution in [1.29, 1.82) is 0 Å². The summed E-state index contributed by atoms with van der Waals surface area (Å²) in [4.78, 5) is 22.1. The van der Waals surface area contributed by atoms with E-state index in [1.807, 2.05) is 0 Å². The van der Waals surface area contributed by atoms with Crippen LogP contribution in [0, 0.1) is 10.1 Å². The second-order valence-electron chi connectivity index (χ2n) is 10.7. The van der Waals surface area contributed by atoms with E-state index in [1.165, 1.54) is 146 Å². The number of rotatable bonds is 26. The zero-order valence-corrected chi connectivity index (χ0v) is 24.3. The second-order valence-corrected chi connectivity index (χ2v) is 10.7. The number of benzene rings is 1. The van der Waals surface area contributed by atoms with Crippen molar-refractivity contribution in [2.75, 3.05) is 0 Å². The fraction of sp³-hybridized carbons (Fsp3) is 0.727. The first kappa shape index (κ1) is 33.9. The summed E-state index contributed by atoms with van der Waals surface area (Å²) in [7, 11) is 0. The van der Waals surface area contributed by atoms with E-state index >= 15 is 0 Å². The highest BCUT2D eigenvalue weighted by Gasteiger charge is 2.08. The highest BCUT2D eigenvalue weighted by molar-refractivity contribution is 5.72. The average molecular weight is 530 g/mol. The number of esters is 1. The van der Waals surface area contributed by atoms with Crippen LogP contribution in [0.3, 0.4) is 0 Å². The Morgan fingerprint density at radius 1 is 0.658 bits per heavy atom. The Kier molecular flexibility index (Phi) is 22.4. The third-order valence-corrected chi connectivity index (χ3v) is 7.17. The summed E-state index contributed by atoms with van der Waals surface area (Å²) in [5, 5.41) is 10.7. The fourth-order valence-electron chi connectivity index (χ4n) is 4.75. The lowest BCUT2D eigenvalue weighted by Gasteiger charge is -2.04. The van der Waals surface area contributed by atoms with Crippen LogP contribution in [-0.4, -0.2) is 10.9 Å². The molecule has 0 atom stereocenters. The molecule has 0 aliphatic heterocycles. The third-order valence-electron chi connectivity index (χ3n) is 7.17. The molecule has 0 heterocycles. The lowest BCUT2D eigenvalue weighted by molar-refractivity contribution is -0.384. The maximum Gasteiger partial charge on any atom is 0.311 e. The Labute approximate surface area is 233 Å². The molecule has 0 N–H and O–H groups in total. The first-order chi connectivity index (χ1) is 18.6. The van der Waals surface area contributed by atoms with E-state index in [9.17, 15) is 14.9 Å². The molecule has 0 aliphatic rings. The number of carbonyl (C=O) groups is 1. The standard InChI is InChI=1S/C33H55NO4/c1-2-3-4-5-6-7-8-9-10-11-12-13-14-15-16-17-18-19-20-21-22-23-24-25-26-33(35)38-32-29-27-31(28-30-32)34(36)37/h17-18,27-30H,2-16,19-26H2,1H3. The monoisotopic (exact) mass is 529 g/mol. The molecule has 1 rings (SSSR count). The van der Waals surface area contributed by atoms with E-state index in [2.05, 4.69) is 19.1 Å². The van der Waals surface area contributed by atoms with Crippen molar-refractivity contribution in [1.82, 2.24) is 0 Å². The van der Waals surface area contributed by atoms with Crippen LogP contribution < -0.4 is 4.74 Å². The fourth-order valence-corrected chi connectivity index (χ4v) is 4.75. The second kappa shape index (κ2) is 25.1. The van der Waals surface area contributed by atoms with Gasteiger partial charge in [0.05, 0.1) is 4.92 Å². The van der Waals surface area contributed by atoms with E-state index in [0.717, 1.165) is 19.3 Å². The summed E-state index contributed by atoms with van der Waals surface area (Å²) in [5.74, 6) is 0.0841. The molecule has 1 aromatic carbocycles. The minimum Gasteiger partial charge on any atom is -0.427 e. The Bertz CT molecular complexity index is 729. The van der Waals surface area contributed by atoms with E-state index in [-0.39, 0.29) is 11.7 Å². The Morgan fingerprint density at radius 2 is 1.05 bits per heavy atom. The molecule has 0 fully saturated rings. The molecule has 0 saturated heterocycles. The Balaban J connectivity index is 1.79. The molecular weight excluding hydrogens is 474 g/mol. The average Bonchev–Trinajstić information content (AvgIpc) is 2.91. The molecular formula is C33H55NO4. The van der Waals surface area contributed by atoms with Crippen LogP contribution in [0.15, 0.2) is 36.4 Å². The smallest absolute Gasteiger partial charge is 0.311 e. The summed E-state index contributed by atoms with van der Waals surface area (Å²) in [6.07, 6.45) is 34.1. The van der Waals surface area contributed by atoms with Crippen LogP contribution in [0.1, 0.15) is 155 Å². The van der Waals surface area contributed by atoms with Crippen molar-refractivity contribution >= 4 is 11.7 Å². The van der Waals surface area contributed by atoms with Crippen LogP contribution in [-0.2, 0) is 4.79 Å². The maximum absolute atomic E-state index is 11.9. The molecule has 0 amide bonds. The van der Waals surface area contributed by atoms with Gasteiger partial charge >= 0.3 is 5.97 Å². The molecule has 5 heteroatoms. The zero-order chi connectivity index (χ0) is 27.5. The van der Waals surface area contributed by atoms with Crippen molar-refractivity contribution in [3.05, 3.63) is 46.5 Å². The highest BCUT2D eigenvalue weighted by atomic mass is 16.6. The van der Waals surface area contributed by atoms with Gasteiger partial charge in [0, 0.05) is 18.6 Å². The molecule has 0 aliphatic carbocycles. The summed E-state index contributed by atoms with van der Waals surface area (Å²) in [6, 6.07) is 5.62. The SMILES string of the molecule is CCCCCCCCCCCCCCCCC=CCCCCCCCCC(=O)Oc1ccc([N+](=O)[O-])cc1. The van der Waals surface area contributed by atoms with Crippen molar-refractivity contribution in [3.63, 3.8) is 0 Å². The number of hydrogen-bond acceptors (Lipinski definition) is 4. The maximum atomic E-state index is 11.9. The summed E-state index contributed by atoms with van der Waals surface area (Å²) < 4.78 is 5.23. The topological polar surface area (TPSA) is 69.4 Å². The molecule has 0 radical (unpaired) electrons. The number of nitro groups is 1. The summed E-state index contributed by atoms with van der Waals surface area (Å²) >= 11 is 0. The normalized spacial score (nSPS) is 11.3. The number of ether oxygens (including phenoxy) is 1. The largest absolute Gasteiger partial charge is 0.427 e. The van der Waals surface area contributed by atoms with Crippen molar-refractivity contribution in [2.24, 2.45) is 0 Å². The number of nitro benzene ring substituents is 1. The van der Waals surface area contributed by atoms with Crippen molar-refractivity contribution in [2.45, 2.75) is 155 Å². The van der Waals surface area contributed by atoms with Crippen LogP contribution in [0.2, 0.25) is 0 Å². The van der Waals surface area contributed by atoms with Gasteiger partial charge < -0.3 is 4.74 Å². The molecule has 216 valence electrons. The van der Waals surface area contributed by atoms with Crippen LogP contribution in [0.5, 0.6) is 5.75 Å². The van der Waals surface area contributed by atoms with Crippen LogP contribution in [0.4, 0.5) is 5.69 Å². The Hall–Kier alpha value is -2.17. The first-order valence-electron chi connectivity index (χ1n) is 15.7. The van der Waals surface area contributed by atoms with Gasteiger partial charge in [0.15, 0.2) is 0 Å². The number of unbranched alkanes of at least 4 members (excludes halogenated alkanes) is 20. The molecule has 0 aromatic heterocycles. The van der Waals surface area contributed by atoms with Gasteiger partial charge in [0.1, 0.15) is 5.75 Å². The van der Waals surface area contributed by atoms with E-state index < -0.39 is 4.92 Å². The zero-order valence-electron chi connectivity index (χ0n) is 24.3. The highest BCUT2D eigenvalue weighted by Crippen LogP contribution is 2.18. The number of carbonyl (C=O) groups excluding carboxylic acids is 1. The van der Waals surface area contributed by atoms with Crippen LogP contribution in [0.25, 0.3) is 0 Å². The van der Waals surface area contributed by atoms with Gasteiger partial charge in [0.25, 0.3) is 5.69 Å². The van der Waals surface area contributed by atoms with Gasteiger partial charge in [-0.3, -0.25) is 14.9 Å². The number of nitrogens with zero attached hydrogens (tertiary/aromatic N) is 1. The number of allylic oxidation sites excluding steroid dienone is 2. The van der Waals surface area contributed by atoms with Crippen molar-refractivity contribution < 1.29 is 14.5 Å². The van der Waals surface area contributed by atoms with E-state index in [0.29, 0.717) is 12.2 Å². The molecule has 0 bridgehead atoms. The summed E-state index contributed by atoms with van der Waals surface area (Å²) in [6.45, 7) is 2.28. The molecule has 38 heavy (non-hydrogen) atoms.